The van der Waals surface area contributed by atoms with Crippen LogP contribution in [0.5, 0.6) is 0 Å². The van der Waals surface area contributed by atoms with Gasteiger partial charge in [0.2, 0.25) is 5.91 Å². The first-order chi connectivity index (χ1) is 13.4. The van der Waals surface area contributed by atoms with Gasteiger partial charge in [0.25, 0.3) is 5.56 Å². The fourth-order valence-corrected chi connectivity index (χ4v) is 3.23. The van der Waals surface area contributed by atoms with Crippen molar-refractivity contribution in [2.45, 2.75) is 20.4 Å². The van der Waals surface area contributed by atoms with Crippen molar-refractivity contribution < 1.29 is 9.59 Å². The molecule has 2 aromatic heterocycles. The Hall–Kier alpha value is -3.74. The fraction of sp³-hybridized carbons (Fsp3) is 0.143. The Kier molecular flexibility index (Phi) is 4.27. The number of amides is 1. The van der Waals surface area contributed by atoms with Gasteiger partial charge < -0.3 is 5.32 Å². The monoisotopic (exact) mass is 374 g/mol. The number of ketones is 1. The van der Waals surface area contributed by atoms with Crippen LogP contribution in [-0.2, 0) is 11.3 Å². The SMILES string of the molecule is CC(=O)c1ccc(NC(=O)Cn2c(=O)c3ccccc3n3nc(C)cc23)cc1. The lowest BCUT2D eigenvalue weighted by Gasteiger charge is -2.11. The molecule has 2 aromatic carbocycles. The summed E-state index contributed by atoms with van der Waals surface area (Å²) in [7, 11) is 0. The van der Waals surface area contributed by atoms with Gasteiger partial charge in [0.1, 0.15) is 12.2 Å². The van der Waals surface area contributed by atoms with Gasteiger partial charge in [0.15, 0.2) is 5.78 Å². The summed E-state index contributed by atoms with van der Waals surface area (Å²) in [5, 5.41) is 7.71. The number of carbonyl (C=O) groups excluding carboxylic acids is 2. The van der Waals surface area contributed by atoms with Crippen LogP contribution in [0.2, 0.25) is 0 Å². The maximum atomic E-state index is 13.0. The zero-order valence-electron chi connectivity index (χ0n) is 15.5. The van der Waals surface area contributed by atoms with E-state index < -0.39 is 0 Å². The Morgan fingerprint density at radius 1 is 1.07 bits per heavy atom. The van der Waals surface area contributed by atoms with Crippen molar-refractivity contribution in [2.75, 3.05) is 5.32 Å². The second-order valence-corrected chi connectivity index (χ2v) is 6.65. The summed E-state index contributed by atoms with van der Waals surface area (Å²) < 4.78 is 3.10. The number of aryl methyl sites for hydroxylation is 1. The standard InChI is InChI=1S/C21H18N4O3/c1-13-11-20-24(21(28)17-5-3-4-6-18(17)25(20)23-13)12-19(27)22-16-9-7-15(8-10-16)14(2)26/h3-11H,12H2,1-2H3,(H,22,27). The van der Waals surface area contributed by atoms with E-state index in [1.54, 1.807) is 47.0 Å². The Morgan fingerprint density at radius 2 is 1.79 bits per heavy atom. The molecule has 140 valence electrons. The molecule has 0 saturated carbocycles. The topological polar surface area (TPSA) is 85.5 Å². The molecule has 28 heavy (non-hydrogen) atoms. The number of benzene rings is 2. The summed E-state index contributed by atoms with van der Waals surface area (Å²) in [5.74, 6) is -0.382. The molecule has 0 fully saturated rings. The number of carbonyl (C=O) groups is 2. The molecule has 0 radical (unpaired) electrons. The minimum absolute atomic E-state index is 0.0425. The van der Waals surface area contributed by atoms with E-state index in [1.807, 2.05) is 19.1 Å². The Labute approximate surface area is 160 Å². The number of aromatic nitrogens is 3. The number of rotatable bonds is 4. The van der Waals surface area contributed by atoms with Gasteiger partial charge >= 0.3 is 0 Å². The third kappa shape index (κ3) is 3.07. The van der Waals surface area contributed by atoms with E-state index in [-0.39, 0.29) is 23.8 Å². The molecule has 0 spiro atoms. The van der Waals surface area contributed by atoms with Crippen molar-refractivity contribution in [1.29, 1.82) is 0 Å². The van der Waals surface area contributed by atoms with Gasteiger partial charge in [-0.3, -0.25) is 19.0 Å². The van der Waals surface area contributed by atoms with Crippen LogP contribution in [0.3, 0.4) is 0 Å². The van der Waals surface area contributed by atoms with E-state index in [2.05, 4.69) is 10.4 Å². The van der Waals surface area contributed by atoms with Crippen LogP contribution in [0.4, 0.5) is 5.69 Å². The number of fused-ring (bicyclic) bond motifs is 3. The average molecular weight is 374 g/mol. The molecule has 7 heteroatoms. The summed E-state index contributed by atoms with van der Waals surface area (Å²) in [6.07, 6.45) is 0. The molecular weight excluding hydrogens is 356 g/mol. The summed E-state index contributed by atoms with van der Waals surface area (Å²) in [5.41, 5.74) is 2.90. The van der Waals surface area contributed by atoms with E-state index in [0.29, 0.717) is 27.8 Å². The highest BCUT2D eigenvalue weighted by molar-refractivity contribution is 5.95. The number of nitrogens with zero attached hydrogens (tertiary/aromatic N) is 3. The molecule has 0 aliphatic heterocycles. The first-order valence-electron chi connectivity index (χ1n) is 8.83. The van der Waals surface area contributed by atoms with Gasteiger partial charge in [-0.25, -0.2) is 4.52 Å². The average Bonchev–Trinajstić information content (AvgIpc) is 3.07. The quantitative estimate of drug-likeness (QED) is 0.557. The third-order valence-electron chi connectivity index (χ3n) is 4.57. The van der Waals surface area contributed by atoms with Crippen molar-refractivity contribution in [2.24, 2.45) is 0 Å². The first-order valence-corrected chi connectivity index (χ1v) is 8.83. The van der Waals surface area contributed by atoms with Crippen LogP contribution >= 0.6 is 0 Å². The molecule has 7 nitrogen and oxygen atoms in total. The molecule has 0 atom stereocenters. The predicted molar refractivity (Wildman–Crippen MR) is 107 cm³/mol. The molecule has 0 bridgehead atoms. The maximum absolute atomic E-state index is 13.0. The van der Waals surface area contributed by atoms with E-state index in [1.165, 1.54) is 11.5 Å². The van der Waals surface area contributed by atoms with Gasteiger partial charge in [-0.15, -0.1) is 0 Å². The van der Waals surface area contributed by atoms with E-state index in [0.717, 1.165) is 5.69 Å². The molecule has 0 aliphatic carbocycles. The number of hydrogen-bond acceptors (Lipinski definition) is 4. The lowest BCUT2D eigenvalue weighted by atomic mass is 10.1. The molecule has 1 amide bonds. The van der Waals surface area contributed by atoms with Crippen molar-refractivity contribution in [3.8, 4) is 0 Å². The molecule has 0 aliphatic rings. The summed E-state index contributed by atoms with van der Waals surface area (Å²) in [6, 6.07) is 15.6. The maximum Gasteiger partial charge on any atom is 0.262 e. The van der Waals surface area contributed by atoms with Crippen LogP contribution < -0.4 is 10.9 Å². The second-order valence-electron chi connectivity index (χ2n) is 6.65. The highest BCUT2D eigenvalue weighted by Crippen LogP contribution is 2.15. The first kappa shape index (κ1) is 17.7. The number of hydrogen-bond donors (Lipinski definition) is 1. The fourth-order valence-electron chi connectivity index (χ4n) is 3.23. The lowest BCUT2D eigenvalue weighted by Crippen LogP contribution is -2.29. The largest absolute Gasteiger partial charge is 0.325 e. The van der Waals surface area contributed by atoms with E-state index in [9.17, 15) is 14.4 Å². The van der Waals surface area contributed by atoms with Crippen LogP contribution in [0, 0.1) is 6.92 Å². The molecular formula is C21H18N4O3. The lowest BCUT2D eigenvalue weighted by molar-refractivity contribution is -0.116. The molecule has 2 heterocycles. The van der Waals surface area contributed by atoms with Crippen LogP contribution in [0.1, 0.15) is 23.0 Å². The molecule has 0 unspecified atom stereocenters. The van der Waals surface area contributed by atoms with Gasteiger partial charge in [0, 0.05) is 17.3 Å². The summed E-state index contributed by atoms with van der Waals surface area (Å²) in [4.78, 5) is 36.9. The molecule has 4 aromatic rings. The molecule has 4 rings (SSSR count). The second kappa shape index (κ2) is 6.77. The highest BCUT2D eigenvalue weighted by Gasteiger charge is 2.15. The Balaban J connectivity index is 1.70. The van der Waals surface area contributed by atoms with Gasteiger partial charge in [-0.2, -0.15) is 5.10 Å². The zero-order valence-corrected chi connectivity index (χ0v) is 15.5. The van der Waals surface area contributed by atoms with Crippen LogP contribution in [0.15, 0.2) is 59.4 Å². The van der Waals surface area contributed by atoms with E-state index in [4.69, 9.17) is 0 Å². The van der Waals surface area contributed by atoms with Crippen molar-refractivity contribution in [1.82, 2.24) is 14.2 Å². The van der Waals surface area contributed by atoms with Gasteiger partial charge in [-0.1, -0.05) is 12.1 Å². The van der Waals surface area contributed by atoms with Gasteiger partial charge in [0.05, 0.1) is 16.6 Å². The normalized spacial score (nSPS) is 11.1. The predicted octanol–water partition coefficient (Wildman–Crippen LogP) is 2.80. The minimum atomic E-state index is -0.339. The number of Topliss-reactive ketones (excluding diaryl/α,β-unsaturated/α-hetero) is 1. The number of nitrogens with one attached hydrogen (secondary N) is 1. The Morgan fingerprint density at radius 3 is 2.50 bits per heavy atom. The minimum Gasteiger partial charge on any atom is -0.325 e. The highest BCUT2D eigenvalue weighted by atomic mass is 16.2. The third-order valence-corrected chi connectivity index (χ3v) is 4.57. The van der Waals surface area contributed by atoms with Crippen molar-refractivity contribution in [3.63, 3.8) is 0 Å². The van der Waals surface area contributed by atoms with E-state index >= 15 is 0 Å². The summed E-state index contributed by atoms with van der Waals surface area (Å²) in [6.45, 7) is 3.18. The molecule has 0 saturated heterocycles. The smallest absolute Gasteiger partial charge is 0.262 e. The van der Waals surface area contributed by atoms with Gasteiger partial charge in [-0.05, 0) is 50.2 Å². The molecule has 1 N–H and O–H groups in total. The zero-order chi connectivity index (χ0) is 19.8. The summed E-state index contributed by atoms with van der Waals surface area (Å²) >= 11 is 0. The van der Waals surface area contributed by atoms with Crippen molar-refractivity contribution >= 4 is 33.9 Å². The van der Waals surface area contributed by atoms with Crippen LogP contribution in [-0.4, -0.2) is 25.9 Å². The number of para-hydroxylation sites is 1. The Bertz CT molecular complexity index is 1280. The van der Waals surface area contributed by atoms with Crippen molar-refractivity contribution in [3.05, 3.63) is 76.2 Å². The number of anilines is 1. The van der Waals surface area contributed by atoms with Crippen LogP contribution in [0.25, 0.3) is 16.6 Å².